The highest BCUT2D eigenvalue weighted by atomic mass is 16.5. The second-order valence-corrected chi connectivity index (χ2v) is 8.43. The molecule has 1 aromatic heterocycles. The number of nitrogens with zero attached hydrogens (tertiary/aromatic N) is 2. The van der Waals surface area contributed by atoms with Crippen LogP contribution < -0.4 is 5.32 Å². The lowest BCUT2D eigenvalue weighted by Crippen LogP contribution is -2.37. The summed E-state index contributed by atoms with van der Waals surface area (Å²) in [4.78, 5) is 42.5. The van der Waals surface area contributed by atoms with Crippen molar-refractivity contribution in [3.8, 4) is 11.1 Å². The Balaban J connectivity index is 1.46. The van der Waals surface area contributed by atoms with Gasteiger partial charge in [-0.1, -0.05) is 55.5 Å². The molecule has 1 heterocycles. The highest BCUT2D eigenvalue weighted by Gasteiger charge is 2.29. The number of benzene rings is 2. The van der Waals surface area contributed by atoms with Gasteiger partial charge in [0.1, 0.15) is 6.61 Å². The molecule has 180 valence electrons. The normalized spacial score (nSPS) is 12.9. The minimum absolute atomic E-state index is 0.0282. The fourth-order valence-corrected chi connectivity index (χ4v) is 4.34. The van der Waals surface area contributed by atoms with E-state index in [1.807, 2.05) is 36.4 Å². The molecule has 1 atom stereocenters. The number of hydrogen-bond acceptors (Lipinski definition) is 5. The van der Waals surface area contributed by atoms with Crippen molar-refractivity contribution < 1.29 is 24.2 Å². The summed E-state index contributed by atoms with van der Waals surface area (Å²) >= 11 is 0. The number of carboxylic acid groups (broad SMARTS) is 1. The van der Waals surface area contributed by atoms with E-state index in [2.05, 4.69) is 22.4 Å². The van der Waals surface area contributed by atoms with Gasteiger partial charge in [-0.2, -0.15) is 0 Å². The summed E-state index contributed by atoms with van der Waals surface area (Å²) in [6, 6.07) is 19.3. The first-order valence-electron chi connectivity index (χ1n) is 11.5. The third kappa shape index (κ3) is 5.01. The molecule has 0 saturated carbocycles. The molecule has 3 aromatic rings. The average molecular weight is 474 g/mol. The largest absolute Gasteiger partial charge is 0.481 e. The number of pyridine rings is 1. The van der Waals surface area contributed by atoms with Crippen LogP contribution in [0.15, 0.2) is 66.9 Å². The smallest absolute Gasteiger partial charge is 0.411 e. The van der Waals surface area contributed by atoms with Crippen LogP contribution in [-0.2, 0) is 9.53 Å². The zero-order chi connectivity index (χ0) is 24.9. The van der Waals surface area contributed by atoms with Crippen LogP contribution in [-0.4, -0.2) is 52.7 Å². The summed E-state index contributed by atoms with van der Waals surface area (Å²) in [5.41, 5.74) is 4.70. The molecule has 35 heavy (non-hydrogen) atoms. The Hall–Kier alpha value is -4.20. The number of amides is 2. The van der Waals surface area contributed by atoms with Crippen LogP contribution in [0.25, 0.3) is 11.1 Å². The van der Waals surface area contributed by atoms with Gasteiger partial charge in [-0.05, 0) is 41.3 Å². The van der Waals surface area contributed by atoms with E-state index in [1.54, 1.807) is 19.1 Å². The van der Waals surface area contributed by atoms with Crippen LogP contribution in [0.4, 0.5) is 10.5 Å². The first-order valence-corrected chi connectivity index (χ1v) is 11.5. The lowest BCUT2D eigenvalue weighted by molar-refractivity contribution is -0.141. The number of anilines is 1. The third-order valence-electron chi connectivity index (χ3n) is 6.18. The van der Waals surface area contributed by atoms with E-state index >= 15 is 0 Å². The van der Waals surface area contributed by atoms with Crippen molar-refractivity contribution >= 4 is 23.7 Å². The molecule has 0 aliphatic heterocycles. The van der Waals surface area contributed by atoms with Gasteiger partial charge in [-0.3, -0.25) is 14.9 Å². The quantitative estimate of drug-likeness (QED) is 0.494. The third-order valence-corrected chi connectivity index (χ3v) is 6.18. The van der Waals surface area contributed by atoms with Gasteiger partial charge in [-0.25, -0.2) is 9.78 Å². The van der Waals surface area contributed by atoms with Gasteiger partial charge in [0.2, 0.25) is 0 Å². The number of carbonyl (C=O) groups is 3. The van der Waals surface area contributed by atoms with Gasteiger partial charge in [0.05, 0.1) is 11.6 Å². The first kappa shape index (κ1) is 23.9. The second-order valence-electron chi connectivity index (χ2n) is 8.43. The predicted octanol–water partition coefficient (Wildman–Crippen LogP) is 4.63. The molecule has 0 bridgehead atoms. The number of hydrogen-bond donors (Lipinski definition) is 2. The molecule has 2 N–H and O–H groups in total. The number of fused-ring (bicyclic) bond motifs is 3. The molecule has 1 unspecified atom stereocenters. The monoisotopic (exact) mass is 473 g/mol. The summed E-state index contributed by atoms with van der Waals surface area (Å²) in [6.45, 7) is 3.77. The fourth-order valence-electron chi connectivity index (χ4n) is 4.34. The molecule has 8 heteroatoms. The number of ether oxygens (including phenoxy) is 1. The Morgan fingerprint density at radius 3 is 2.26 bits per heavy atom. The predicted molar refractivity (Wildman–Crippen MR) is 131 cm³/mol. The fraction of sp³-hybridized carbons (Fsp3) is 0.259. The van der Waals surface area contributed by atoms with Crippen molar-refractivity contribution in [2.24, 2.45) is 5.92 Å². The molecular weight excluding hydrogens is 446 g/mol. The summed E-state index contributed by atoms with van der Waals surface area (Å²) in [6.07, 6.45) is 0.751. The Bertz CT molecular complexity index is 1210. The van der Waals surface area contributed by atoms with Crippen molar-refractivity contribution in [1.82, 2.24) is 9.88 Å². The van der Waals surface area contributed by atoms with E-state index < -0.39 is 23.9 Å². The molecule has 4 rings (SSSR count). The van der Waals surface area contributed by atoms with Gasteiger partial charge < -0.3 is 14.7 Å². The van der Waals surface area contributed by atoms with E-state index in [9.17, 15) is 19.5 Å². The second kappa shape index (κ2) is 10.4. The summed E-state index contributed by atoms with van der Waals surface area (Å²) in [5.74, 6) is -2.28. The molecule has 0 radical (unpaired) electrons. The maximum Gasteiger partial charge on any atom is 0.411 e. The van der Waals surface area contributed by atoms with Crippen LogP contribution in [0.3, 0.4) is 0 Å². The van der Waals surface area contributed by atoms with Crippen LogP contribution in [0, 0.1) is 5.92 Å². The maximum absolute atomic E-state index is 13.1. The molecule has 2 aromatic carbocycles. The van der Waals surface area contributed by atoms with Crippen LogP contribution in [0.1, 0.15) is 41.4 Å². The highest BCUT2D eigenvalue weighted by Crippen LogP contribution is 2.44. The summed E-state index contributed by atoms with van der Waals surface area (Å²) < 4.78 is 5.58. The Kier molecular flexibility index (Phi) is 7.10. The summed E-state index contributed by atoms with van der Waals surface area (Å²) in [7, 11) is 0. The van der Waals surface area contributed by atoms with Gasteiger partial charge in [0.25, 0.3) is 5.91 Å². The van der Waals surface area contributed by atoms with Crippen molar-refractivity contribution in [1.29, 1.82) is 0 Å². The average Bonchev–Trinajstić information content (AvgIpc) is 3.19. The standard InChI is InChI=1S/C27H27N3O5/c1-3-30(15-17(2)26(32)33)25(31)24-23(13-8-14-28-24)29-27(34)35-16-22-20-11-6-4-9-18(20)19-10-5-7-12-21(19)22/h4-14,17,22H,3,15-16H2,1-2H3,(H,29,34)(H,32,33). The maximum atomic E-state index is 13.1. The lowest BCUT2D eigenvalue weighted by Gasteiger charge is -2.23. The lowest BCUT2D eigenvalue weighted by atomic mass is 9.98. The number of aromatic nitrogens is 1. The molecular formula is C27H27N3O5. The number of rotatable bonds is 8. The van der Waals surface area contributed by atoms with Gasteiger partial charge >= 0.3 is 12.1 Å². The SMILES string of the molecule is CCN(CC(C)C(=O)O)C(=O)c1ncccc1NC(=O)OCC1c2ccccc2-c2ccccc21. The van der Waals surface area contributed by atoms with E-state index in [4.69, 9.17) is 4.74 Å². The van der Waals surface area contributed by atoms with Crippen LogP contribution >= 0.6 is 0 Å². The van der Waals surface area contributed by atoms with Crippen molar-refractivity contribution in [3.63, 3.8) is 0 Å². The van der Waals surface area contributed by atoms with Crippen LogP contribution in [0.5, 0.6) is 0 Å². The highest BCUT2D eigenvalue weighted by molar-refractivity contribution is 6.01. The Labute approximate surface area is 203 Å². The Morgan fingerprint density at radius 2 is 1.66 bits per heavy atom. The first-order chi connectivity index (χ1) is 16.9. The molecule has 0 saturated heterocycles. The van der Waals surface area contributed by atoms with Gasteiger partial charge in [0, 0.05) is 25.2 Å². The number of aliphatic carboxylic acids is 1. The van der Waals surface area contributed by atoms with Crippen molar-refractivity contribution in [3.05, 3.63) is 83.7 Å². The number of nitrogens with one attached hydrogen (secondary N) is 1. The number of carboxylic acids is 1. The number of carbonyl (C=O) groups excluding carboxylic acids is 2. The molecule has 8 nitrogen and oxygen atoms in total. The Morgan fingerprint density at radius 1 is 1.03 bits per heavy atom. The summed E-state index contributed by atoms with van der Waals surface area (Å²) in [5, 5.41) is 11.8. The zero-order valence-corrected chi connectivity index (χ0v) is 19.6. The minimum Gasteiger partial charge on any atom is -0.481 e. The molecule has 2 amide bonds. The minimum atomic E-state index is -0.991. The zero-order valence-electron chi connectivity index (χ0n) is 19.6. The van der Waals surface area contributed by atoms with E-state index in [0.29, 0.717) is 6.54 Å². The molecule has 1 aliphatic rings. The molecule has 0 fully saturated rings. The van der Waals surface area contributed by atoms with Crippen molar-refractivity contribution in [2.45, 2.75) is 19.8 Å². The van der Waals surface area contributed by atoms with Gasteiger partial charge in [-0.15, -0.1) is 0 Å². The molecule has 0 spiro atoms. The van der Waals surface area contributed by atoms with E-state index in [0.717, 1.165) is 22.3 Å². The van der Waals surface area contributed by atoms with E-state index in [1.165, 1.54) is 18.0 Å². The van der Waals surface area contributed by atoms with Crippen LogP contribution in [0.2, 0.25) is 0 Å². The van der Waals surface area contributed by atoms with E-state index in [-0.39, 0.29) is 30.5 Å². The van der Waals surface area contributed by atoms with Crippen molar-refractivity contribution in [2.75, 3.05) is 25.0 Å². The molecule has 1 aliphatic carbocycles. The van der Waals surface area contributed by atoms with Gasteiger partial charge in [0.15, 0.2) is 5.69 Å². The topological polar surface area (TPSA) is 109 Å².